The van der Waals surface area contributed by atoms with Gasteiger partial charge in [0.15, 0.2) is 5.58 Å². The Balaban J connectivity index is 2.95. The van der Waals surface area contributed by atoms with Gasteiger partial charge in [0.25, 0.3) is 0 Å². The third kappa shape index (κ3) is 1.85. The van der Waals surface area contributed by atoms with Gasteiger partial charge in [0.1, 0.15) is 5.75 Å². The van der Waals surface area contributed by atoms with E-state index in [4.69, 9.17) is 14.3 Å². The van der Waals surface area contributed by atoms with Crippen molar-refractivity contribution in [2.24, 2.45) is 0 Å². The first-order valence-electron chi connectivity index (χ1n) is 4.65. The molecule has 0 unspecified atom stereocenters. The Kier molecular flexibility index (Phi) is 3.18. The van der Waals surface area contributed by atoms with Gasteiger partial charge in [0.2, 0.25) is 5.76 Å². The lowest BCUT2D eigenvalue weighted by molar-refractivity contribution is 0.0664. The second-order valence-electron chi connectivity index (χ2n) is 3.44. The molecule has 0 aliphatic carbocycles. The molecule has 0 saturated heterocycles. The normalized spacial score (nSPS) is 10.8. The number of carboxylic acids is 1. The molecule has 6 heteroatoms. The van der Waals surface area contributed by atoms with Crippen molar-refractivity contribution < 1.29 is 19.1 Å². The first-order valence-corrected chi connectivity index (χ1v) is 6.24. The fourth-order valence-corrected chi connectivity index (χ4v) is 3.12. The maximum absolute atomic E-state index is 11.0. The standard InChI is InChI=1S/C11H8Br2O4/c1-4-7-9(16-2)5(12)3-6(13)10(7)17-8(4)11(14)15/h3H,1-2H3,(H,14,15). The number of carboxylic acid groups (broad SMARTS) is 1. The summed E-state index contributed by atoms with van der Waals surface area (Å²) >= 11 is 6.70. The lowest BCUT2D eigenvalue weighted by Crippen LogP contribution is -1.95. The molecule has 0 fully saturated rings. The van der Waals surface area contributed by atoms with E-state index in [0.717, 1.165) is 4.47 Å². The van der Waals surface area contributed by atoms with Crippen LogP contribution in [0.4, 0.5) is 0 Å². The van der Waals surface area contributed by atoms with E-state index >= 15 is 0 Å². The number of furan rings is 1. The number of hydrogen-bond donors (Lipinski definition) is 1. The van der Waals surface area contributed by atoms with Gasteiger partial charge in [-0.2, -0.15) is 0 Å². The van der Waals surface area contributed by atoms with Crippen LogP contribution in [0, 0.1) is 6.92 Å². The summed E-state index contributed by atoms with van der Waals surface area (Å²) in [7, 11) is 1.53. The smallest absolute Gasteiger partial charge is 0.372 e. The van der Waals surface area contributed by atoms with Crippen LogP contribution in [-0.2, 0) is 0 Å². The van der Waals surface area contributed by atoms with Crippen LogP contribution in [0.3, 0.4) is 0 Å². The summed E-state index contributed by atoms with van der Waals surface area (Å²) < 4.78 is 12.0. The minimum Gasteiger partial charge on any atom is -0.495 e. The minimum absolute atomic E-state index is 0.0721. The highest BCUT2D eigenvalue weighted by Crippen LogP contribution is 2.42. The molecular weight excluding hydrogens is 356 g/mol. The largest absolute Gasteiger partial charge is 0.495 e. The molecule has 0 saturated carbocycles. The van der Waals surface area contributed by atoms with Crippen molar-refractivity contribution in [2.75, 3.05) is 7.11 Å². The number of ether oxygens (including phenoxy) is 1. The summed E-state index contributed by atoms with van der Waals surface area (Å²) in [6, 6.07) is 1.76. The molecule has 1 heterocycles. The zero-order valence-electron chi connectivity index (χ0n) is 9.01. The van der Waals surface area contributed by atoms with E-state index in [9.17, 15) is 4.79 Å². The Morgan fingerprint density at radius 2 is 2.06 bits per heavy atom. The number of methoxy groups -OCH3 is 1. The van der Waals surface area contributed by atoms with Crippen LogP contribution in [0.1, 0.15) is 16.1 Å². The SMILES string of the molecule is COc1c(Br)cc(Br)c2oc(C(=O)O)c(C)c12. The molecule has 0 amide bonds. The van der Waals surface area contributed by atoms with E-state index in [-0.39, 0.29) is 5.76 Å². The second-order valence-corrected chi connectivity index (χ2v) is 5.15. The molecule has 2 aromatic rings. The van der Waals surface area contributed by atoms with Crippen molar-refractivity contribution >= 4 is 48.8 Å². The number of carbonyl (C=O) groups is 1. The van der Waals surface area contributed by atoms with Crippen molar-refractivity contribution in [1.29, 1.82) is 0 Å². The zero-order chi connectivity index (χ0) is 12.7. The van der Waals surface area contributed by atoms with Crippen molar-refractivity contribution in [3.05, 3.63) is 26.3 Å². The van der Waals surface area contributed by atoms with Crippen molar-refractivity contribution in [3.63, 3.8) is 0 Å². The topological polar surface area (TPSA) is 59.7 Å². The molecule has 0 atom stereocenters. The summed E-state index contributed by atoms with van der Waals surface area (Å²) in [6.45, 7) is 1.69. The van der Waals surface area contributed by atoms with Gasteiger partial charge in [-0.1, -0.05) is 0 Å². The van der Waals surface area contributed by atoms with E-state index in [2.05, 4.69) is 31.9 Å². The van der Waals surface area contributed by atoms with E-state index in [1.54, 1.807) is 13.0 Å². The second kappa shape index (κ2) is 4.34. The van der Waals surface area contributed by atoms with Gasteiger partial charge >= 0.3 is 5.97 Å². The number of halogens is 2. The van der Waals surface area contributed by atoms with Crippen LogP contribution in [-0.4, -0.2) is 18.2 Å². The van der Waals surface area contributed by atoms with Crippen LogP contribution in [0.25, 0.3) is 11.0 Å². The van der Waals surface area contributed by atoms with Crippen LogP contribution < -0.4 is 4.74 Å². The van der Waals surface area contributed by atoms with Crippen LogP contribution in [0.2, 0.25) is 0 Å². The van der Waals surface area contributed by atoms with Gasteiger partial charge in [-0.05, 0) is 44.8 Å². The molecule has 90 valence electrons. The highest BCUT2D eigenvalue weighted by Gasteiger charge is 2.22. The van der Waals surface area contributed by atoms with E-state index in [0.29, 0.717) is 26.8 Å². The average Bonchev–Trinajstić information content (AvgIpc) is 2.58. The Morgan fingerprint density at radius 3 is 2.59 bits per heavy atom. The maximum Gasteiger partial charge on any atom is 0.372 e. The molecule has 0 bridgehead atoms. The zero-order valence-corrected chi connectivity index (χ0v) is 12.2. The molecule has 0 spiro atoms. The number of aromatic carboxylic acids is 1. The van der Waals surface area contributed by atoms with Crippen LogP contribution in [0.15, 0.2) is 19.4 Å². The summed E-state index contributed by atoms with van der Waals surface area (Å²) in [5.74, 6) is -0.599. The van der Waals surface area contributed by atoms with Gasteiger partial charge < -0.3 is 14.3 Å². The van der Waals surface area contributed by atoms with Crippen LogP contribution in [0.5, 0.6) is 5.75 Å². The molecule has 0 radical (unpaired) electrons. The van der Waals surface area contributed by atoms with Gasteiger partial charge in [0, 0.05) is 5.56 Å². The third-order valence-electron chi connectivity index (χ3n) is 2.46. The monoisotopic (exact) mass is 362 g/mol. The molecule has 0 aliphatic heterocycles. The molecule has 1 aromatic carbocycles. The predicted molar refractivity (Wildman–Crippen MR) is 69.9 cm³/mol. The van der Waals surface area contributed by atoms with Gasteiger partial charge in [-0.25, -0.2) is 4.79 Å². The number of hydrogen-bond acceptors (Lipinski definition) is 3. The Morgan fingerprint density at radius 1 is 1.41 bits per heavy atom. The lowest BCUT2D eigenvalue weighted by atomic mass is 10.1. The number of benzene rings is 1. The summed E-state index contributed by atoms with van der Waals surface area (Å²) in [6.07, 6.45) is 0. The summed E-state index contributed by atoms with van der Waals surface area (Å²) in [5.41, 5.74) is 1.02. The summed E-state index contributed by atoms with van der Waals surface area (Å²) in [5, 5.41) is 9.69. The van der Waals surface area contributed by atoms with Gasteiger partial charge in [0.05, 0.1) is 21.4 Å². The van der Waals surface area contributed by atoms with Gasteiger partial charge in [-0.3, -0.25) is 0 Å². The number of aryl methyl sites for hydroxylation is 1. The molecule has 4 nitrogen and oxygen atoms in total. The third-order valence-corrected chi connectivity index (χ3v) is 3.64. The lowest BCUT2D eigenvalue weighted by Gasteiger charge is -2.05. The van der Waals surface area contributed by atoms with Crippen molar-refractivity contribution in [3.8, 4) is 5.75 Å². The quantitative estimate of drug-likeness (QED) is 0.876. The minimum atomic E-state index is -1.09. The Bertz CT molecular complexity index is 616. The number of rotatable bonds is 2. The molecule has 1 aromatic heterocycles. The summed E-state index contributed by atoms with van der Waals surface area (Å²) in [4.78, 5) is 11.0. The number of fused-ring (bicyclic) bond motifs is 1. The first-order chi connectivity index (χ1) is 7.97. The fraction of sp³-hybridized carbons (Fsp3) is 0.182. The molecule has 2 rings (SSSR count). The highest BCUT2D eigenvalue weighted by molar-refractivity contribution is 9.11. The Labute approximate surface area is 114 Å². The van der Waals surface area contributed by atoms with E-state index in [1.807, 2.05) is 0 Å². The van der Waals surface area contributed by atoms with Crippen molar-refractivity contribution in [1.82, 2.24) is 0 Å². The molecule has 0 aliphatic rings. The van der Waals surface area contributed by atoms with Crippen molar-refractivity contribution in [2.45, 2.75) is 6.92 Å². The molecule has 17 heavy (non-hydrogen) atoms. The predicted octanol–water partition coefficient (Wildman–Crippen LogP) is 3.97. The fourth-order valence-electron chi connectivity index (χ4n) is 1.72. The van der Waals surface area contributed by atoms with E-state index in [1.165, 1.54) is 7.11 Å². The Hall–Kier alpha value is -1.01. The average molecular weight is 364 g/mol. The maximum atomic E-state index is 11.0. The van der Waals surface area contributed by atoms with Crippen LogP contribution >= 0.6 is 31.9 Å². The van der Waals surface area contributed by atoms with E-state index < -0.39 is 5.97 Å². The molecule has 1 N–H and O–H groups in total. The molecular formula is C11H8Br2O4. The highest BCUT2D eigenvalue weighted by atomic mass is 79.9. The van der Waals surface area contributed by atoms with Gasteiger partial charge in [-0.15, -0.1) is 0 Å². The first kappa shape index (κ1) is 12.4.